The number of aromatic nitrogens is 7. The van der Waals surface area contributed by atoms with Gasteiger partial charge >= 0.3 is 0 Å². The Morgan fingerprint density at radius 2 is 2.00 bits per heavy atom. The van der Waals surface area contributed by atoms with Crippen LogP contribution in [0.15, 0.2) is 36.8 Å². The Labute approximate surface area is 155 Å². The number of nitrogens with one attached hydrogen (secondary N) is 4. The highest BCUT2D eigenvalue weighted by atomic mass is 15.2. The first-order valence-electron chi connectivity index (χ1n) is 8.96. The third-order valence-electron chi connectivity index (χ3n) is 4.68. The van der Waals surface area contributed by atoms with Crippen LogP contribution in [0.5, 0.6) is 0 Å². The van der Waals surface area contributed by atoms with Crippen molar-refractivity contribution in [3.63, 3.8) is 0 Å². The number of H-pyrrole nitrogens is 2. The fourth-order valence-electron chi connectivity index (χ4n) is 3.13. The first-order valence-corrected chi connectivity index (χ1v) is 8.96. The number of fused-ring (bicyclic) bond motifs is 1. The van der Waals surface area contributed by atoms with E-state index in [2.05, 4.69) is 46.0 Å². The van der Waals surface area contributed by atoms with Gasteiger partial charge in [0.1, 0.15) is 5.82 Å². The molecule has 9 nitrogen and oxygen atoms in total. The first-order chi connectivity index (χ1) is 13.3. The lowest BCUT2D eigenvalue weighted by Crippen LogP contribution is -2.11. The molecule has 0 aromatic carbocycles. The maximum Gasteiger partial charge on any atom is 0.225 e. The first kappa shape index (κ1) is 15.7. The molecule has 0 bridgehead atoms. The number of aromatic amines is 2. The van der Waals surface area contributed by atoms with Gasteiger partial charge in [-0.3, -0.25) is 15.2 Å². The highest BCUT2D eigenvalue weighted by Crippen LogP contribution is 2.39. The number of anilines is 3. The Morgan fingerprint density at radius 3 is 2.89 bits per heavy atom. The molecule has 1 atom stereocenters. The van der Waals surface area contributed by atoms with Crippen LogP contribution in [0.3, 0.4) is 0 Å². The topological polar surface area (TPSA) is 120 Å². The molecule has 4 aromatic heterocycles. The van der Waals surface area contributed by atoms with Gasteiger partial charge in [-0.2, -0.15) is 15.2 Å². The SMILES string of the molecule is C[C@@H](Nc1nccc(Nc2cc(C3CC3)[nH]n2)n1)c1nccc2[nH]ncc12. The Morgan fingerprint density at radius 1 is 1.11 bits per heavy atom. The number of hydrogen-bond acceptors (Lipinski definition) is 7. The van der Waals surface area contributed by atoms with Crippen molar-refractivity contribution in [2.24, 2.45) is 0 Å². The fourth-order valence-corrected chi connectivity index (χ4v) is 3.13. The quantitative estimate of drug-likeness (QED) is 0.416. The molecule has 1 saturated carbocycles. The van der Waals surface area contributed by atoms with Gasteiger partial charge in [0, 0.05) is 35.5 Å². The average molecular weight is 361 g/mol. The van der Waals surface area contributed by atoms with Crippen LogP contribution >= 0.6 is 0 Å². The number of nitrogens with zero attached hydrogens (tertiary/aromatic N) is 5. The van der Waals surface area contributed by atoms with Gasteiger partial charge in [-0.1, -0.05) is 0 Å². The van der Waals surface area contributed by atoms with Crippen LogP contribution in [-0.2, 0) is 0 Å². The Balaban J connectivity index is 1.33. The minimum atomic E-state index is -0.0756. The molecule has 4 N–H and O–H groups in total. The van der Waals surface area contributed by atoms with Crippen LogP contribution in [0.1, 0.15) is 43.1 Å². The minimum Gasteiger partial charge on any atom is -0.346 e. The molecular formula is C18H19N9. The zero-order chi connectivity index (χ0) is 18.2. The van der Waals surface area contributed by atoms with E-state index in [0.717, 1.165) is 22.4 Å². The monoisotopic (exact) mass is 361 g/mol. The predicted octanol–water partition coefficient (Wildman–Crippen LogP) is 3.27. The smallest absolute Gasteiger partial charge is 0.225 e. The standard InChI is InChI=1S/C18H19N9/c1-10(17-12-9-21-25-13(12)4-6-19-17)22-18-20-7-5-15(24-18)23-16-8-14(26-27-16)11-2-3-11/h4-11H,2-3H2,1H3,(H,21,25)(H3,20,22,23,24,26,27)/t10-/m1/s1. The van der Waals surface area contributed by atoms with E-state index in [1.165, 1.54) is 18.5 Å². The van der Waals surface area contributed by atoms with Crippen molar-refractivity contribution in [1.82, 2.24) is 35.3 Å². The largest absolute Gasteiger partial charge is 0.346 e. The fraction of sp³-hybridized carbons (Fsp3) is 0.278. The summed E-state index contributed by atoms with van der Waals surface area (Å²) in [4.78, 5) is 13.3. The van der Waals surface area contributed by atoms with Gasteiger partial charge in [-0.15, -0.1) is 0 Å². The van der Waals surface area contributed by atoms with Crippen LogP contribution in [0.4, 0.5) is 17.6 Å². The second-order valence-electron chi connectivity index (χ2n) is 6.77. The average Bonchev–Trinajstić information content (AvgIpc) is 3.22. The molecule has 0 radical (unpaired) electrons. The summed E-state index contributed by atoms with van der Waals surface area (Å²) in [5.41, 5.74) is 3.03. The molecule has 9 heteroatoms. The summed E-state index contributed by atoms with van der Waals surface area (Å²) >= 11 is 0. The molecule has 0 amide bonds. The lowest BCUT2D eigenvalue weighted by molar-refractivity contribution is 0.833. The van der Waals surface area contributed by atoms with Gasteiger partial charge in [0.25, 0.3) is 0 Å². The summed E-state index contributed by atoms with van der Waals surface area (Å²) in [5.74, 6) is 2.60. The van der Waals surface area contributed by atoms with Crippen molar-refractivity contribution >= 4 is 28.5 Å². The number of rotatable bonds is 6. The number of hydrogen-bond donors (Lipinski definition) is 4. The van der Waals surface area contributed by atoms with Gasteiger partial charge < -0.3 is 10.6 Å². The molecule has 136 valence electrons. The Hall–Kier alpha value is -3.49. The van der Waals surface area contributed by atoms with E-state index >= 15 is 0 Å². The molecule has 0 aliphatic heterocycles. The van der Waals surface area contributed by atoms with E-state index in [4.69, 9.17) is 0 Å². The number of pyridine rings is 1. The molecule has 1 fully saturated rings. The molecule has 27 heavy (non-hydrogen) atoms. The van der Waals surface area contributed by atoms with Crippen LogP contribution in [-0.4, -0.2) is 35.3 Å². The van der Waals surface area contributed by atoms with Gasteiger partial charge in [-0.25, -0.2) is 4.98 Å². The second-order valence-corrected chi connectivity index (χ2v) is 6.77. The Kier molecular flexibility index (Phi) is 3.70. The molecule has 1 aliphatic carbocycles. The summed E-state index contributed by atoms with van der Waals surface area (Å²) in [7, 11) is 0. The third kappa shape index (κ3) is 3.19. The lowest BCUT2D eigenvalue weighted by Gasteiger charge is -2.14. The summed E-state index contributed by atoms with van der Waals surface area (Å²) in [5, 5.41) is 21.9. The van der Waals surface area contributed by atoms with E-state index in [-0.39, 0.29) is 6.04 Å². The van der Waals surface area contributed by atoms with Crippen LogP contribution in [0.2, 0.25) is 0 Å². The molecule has 5 rings (SSSR count). The molecule has 0 spiro atoms. The highest BCUT2D eigenvalue weighted by molar-refractivity contribution is 5.80. The molecule has 1 aliphatic rings. The van der Waals surface area contributed by atoms with Crippen molar-refractivity contribution in [2.75, 3.05) is 10.6 Å². The van der Waals surface area contributed by atoms with E-state index in [9.17, 15) is 0 Å². The van der Waals surface area contributed by atoms with E-state index in [1.807, 2.05) is 25.1 Å². The van der Waals surface area contributed by atoms with Crippen molar-refractivity contribution in [2.45, 2.75) is 31.7 Å². The lowest BCUT2D eigenvalue weighted by atomic mass is 10.1. The molecule has 4 heterocycles. The Bertz CT molecular complexity index is 1080. The third-order valence-corrected chi connectivity index (χ3v) is 4.68. The summed E-state index contributed by atoms with van der Waals surface area (Å²) in [6.45, 7) is 2.02. The highest BCUT2D eigenvalue weighted by Gasteiger charge is 2.25. The van der Waals surface area contributed by atoms with Crippen LogP contribution in [0.25, 0.3) is 10.9 Å². The summed E-state index contributed by atoms with van der Waals surface area (Å²) in [6, 6.07) is 5.68. The normalized spacial score (nSPS) is 15.0. The summed E-state index contributed by atoms with van der Waals surface area (Å²) < 4.78 is 0. The van der Waals surface area contributed by atoms with Crippen molar-refractivity contribution in [3.8, 4) is 0 Å². The van der Waals surface area contributed by atoms with Gasteiger partial charge in [-0.05, 0) is 31.9 Å². The predicted molar refractivity (Wildman–Crippen MR) is 102 cm³/mol. The molecular weight excluding hydrogens is 342 g/mol. The zero-order valence-electron chi connectivity index (χ0n) is 14.8. The molecule has 4 aromatic rings. The van der Waals surface area contributed by atoms with Gasteiger partial charge in [0.2, 0.25) is 5.95 Å². The maximum atomic E-state index is 4.53. The summed E-state index contributed by atoms with van der Waals surface area (Å²) in [6.07, 6.45) is 7.73. The van der Waals surface area contributed by atoms with Crippen molar-refractivity contribution in [3.05, 3.63) is 48.2 Å². The van der Waals surface area contributed by atoms with Crippen LogP contribution < -0.4 is 10.6 Å². The molecule has 0 saturated heterocycles. The maximum absolute atomic E-state index is 4.53. The molecule has 0 unspecified atom stereocenters. The zero-order valence-corrected chi connectivity index (χ0v) is 14.8. The van der Waals surface area contributed by atoms with Gasteiger partial charge in [0.15, 0.2) is 5.82 Å². The van der Waals surface area contributed by atoms with Gasteiger partial charge in [0.05, 0.1) is 23.4 Å². The van der Waals surface area contributed by atoms with Crippen LogP contribution in [0, 0.1) is 0 Å². The minimum absolute atomic E-state index is 0.0756. The second kappa shape index (κ2) is 6.35. The van der Waals surface area contributed by atoms with E-state index < -0.39 is 0 Å². The van der Waals surface area contributed by atoms with E-state index in [0.29, 0.717) is 17.7 Å². The van der Waals surface area contributed by atoms with Crippen molar-refractivity contribution in [1.29, 1.82) is 0 Å². The van der Waals surface area contributed by atoms with E-state index in [1.54, 1.807) is 18.6 Å². The van der Waals surface area contributed by atoms with Crippen molar-refractivity contribution < 1.29 is 0 Å².